The molecule has 0 aliphatic carbocycles. The van der Waals surface area contributed by atoms with E-state index in [0.717, 1.165) is 12.5 Å². The first kappa shape index (κ1) is 25.4. The van der Waals surface area contributed by atoms with E-state index in [2.05, 4.69) is 10.3 Å². The number of ether oxygens (including phenoxy) is 2. The quantitative estimate of drug-likeness (QED) is 0.631. The number of hydrogen-bond acceptors (Lipinski definition) is 6. The molecule has 11 heteroatoms. The van der Waals surface area contributed by atoms with Crippen molar-refractivity contribution < 1.29 is 32.2 Å². The average molecular weight is 480 g/mol. The molecule has 0 spiro atoms. The lowest BCUT2D eigenvalue weighted by molar-refractivity contribution is -0.126. The Hall–Kier alpha value is -3.18. The summed E-state index contributed by atoms with van der Waals surface area (Å²) in [6, 6.07) is 6.83. The highest BCUT2D eigenvalue weighted by Crippen LogP contribution is 2.21. The van der Waals surface area contributed by atoms with Gasteiger partial charge in [0.15, 0.2) is 11.6 Å². The highest BCUT2D eigenvalue weighted by Gasteiger charge is 2.28. The number of hydrogen-bond donors (Lipinski definition) is 2. The number of halogens is 3. The van der Waals surface area contributed by atoms with Crippen molar-refractivity contribution in [2.24, 2.45) is 5.73 Å². The SMILES string of the molecule is CC1CCC(C(=O)Nc2ccnc(C(N)=O)c2)O1.Fc1cccc(OCCN2CC(F)C2)c1F. The van der Waals surface area contributed by atoms with Gasteiger partial charge in [-0.25, -0.2) is 8.78 Å². The first-order chi connectivity index (χ1) is 16.2. The lowest BCUT2D eigenvalue weighted by Crippen LogP contribution is -2.49. The van der Waals surface area contributed by atoms with E-state index in [-0.39, 0.29) is 30.1 Å². The molecular weight excluding hydrogens is 453 g/mol. The van der Waals surface area contributed by atoms with Crippen LogP contribution in [0.5, 0.6) is 5.75 Å². The minimum absolute atomic E-state index is 0.0997. The highest BCUT2D eigenvalue weighted by molar-refractivity contribution is 5.96. The van der Waals surface area contributed by atoms with Crippen LogP contribution in [0.15, 0.2) is 36.5 Å². The van der Waals surface area contributed by atoms with Crippen LogP contribution in [-0.4, -0.2) is 66.3 Å². The molecule has 0 radical (unpaired) electrons. The summed E-state index contributed by atoms with van der Waals surface area (Å²) in [5.41, 5.74) is 5.73. The molecule has 0 saturated carbocycles. The molecule has 34 heavy (non-hydrogen) atoms. The fraction of sp³-hybridized carbons (Fsp3) is 0.435. The average Bonchev–Trinajstić information content (AvgIpc) is 3.22. The molecule has 2 unspecified atom stereocenters. The molecule has 2 aromatic rings. The third kappa shape index (κ3) is 7.16. The second kappa shape index (κ2) is 11.8. The summed E-state index contributed by atoms with van der Waals surface area (Å²) in [6.45, 7) is 3.48. The number of amides is 2. The normalized spacial score (nSPS) is 20.1. The summed E-state index contributed by atoms with van der Waals surface area (Å²) < 4.78 is 48.9. The number of alkyl halides is 1. The van der Waals surface area contributed by atoms with Gasteiger partial charge in [-0.2, -0.15) is 4.39 Å². The van der Waals surface area contributed by atoms with Crippen LogP contribution in [0.25, 0.3) is 0 Å². The Bertz CT molecular complexity index is 1000. The van der Waals surface area contributed by atoms with Crippen molar-refractivity contribution in [2.45, 2.75) is 38.1 Å². The fourth-order valence-electron chi connectivity index (χ4n) is 3.43. The van der Waals surface area contributed by atoms with E-state index in [4.69, 9.17) is 15.2 Å². The number of carbonyl (C=O) groups is 2. The number of anilines is 1. The Balaban J connectivity index is 0.000000192. The molecule has 0 bridgehead atoms. The first-order valence-electron chi connectivity index (χ1n) is 10.9. The molecular formula is C23H27F3N4O4. The molecule has 2 atom stereocenters. The van der Waals surface area contributed by atoms with Crippen LogP contribution in [0.2, 0.25) is 0 Å². The molecule has 2 aliphatic rings. The van der Waals surface area contributed by atoms with Crippen LogP contribution in [0.1, 0.15) is 30.3 Å². The number of pyridine rings is 1. The summed E-state index contributed by atoms with van der Waals surface area (Å²) in [7, 11) is 0. The zero-order chi connectivity index (χ0) is 24.7. The fourth-order valence-corrected chi connectivity index (χ4v) is 3.43. The van der Waals surface area contributed by atoms with Gasteiger partial charge in [0.2, 0.25) is 5.82 Å². The standard InChI is InChI=1S/C12H15N3O3.C11H12F3NO/c1-7-2-3-10(18-7)12(17)15-8-4-5-14-9(6-8)11(13)16;12-8-6-15(7-8)4-5-16-10-3-1-2-9(13)11(10)14/h4-7,10H,2-3H2,1H3,(H2,13,16)(H,14,15,17);1-3,8H,4-7H2. The maximum Gasteiger partial charge on any atom is 0.267 e. The Morgan fingerprint density at radius 3 is 2.68 bits per heavy atom. The Morgan fingerprint density at radius 2 is 2.03 bits per heavy atom. The van der Waals surface area contributed by atoms with Gasteiger partial charge in [-0.3, -0.25) is 19.5 Å². The molecule has 8 nitrogen and oxygen atoms in total. The molecule has 1 aromatic heterocycles. The summed E-state index contributed by atoms with van der Waals surface area (Å²) in [5, 5.41) is 2.69. The zero-order valence-electron chi connectivity index (χ0n) is 18.7. The number of nitrogens with zero attached hydrogens (tertiary/aromatic N) is 2. The molecule has 2 amide bonds. The van der Waals surface area contributed by atoms with Gasteiger partial charge in [-0.1, -0.05) is 6.07 Å². The second-order valence-electron chi connectivity index (χ2n) is 8.05. The second-order valence-corrected chi connectivity index (χ2v) is 8.05. The van der Waals surface area contributed by atoms with Crippen molar-refractivity contribution in [2.75, 3.05) is 31.6 Å². The third-order valence-electron chi connectivity index (χ3n) is 5.30. The van der Waals surface area contributed by atoms with Crippen LogP contribution < -0.4 is 15.8 Å². The Kier molecular flexibility index (Phi) is 8.83. The smallest absolute Gasteiger partial charge is 0.267 e. The number of primary amides is 1. The monoisotopic (exact) mass is 480 g/mol. The van der Waals surface area contributed by atoms with Crippen molar-refractivity contribution in [3.8, 4) is 5.75 Å². The topological polar surface area (TPSA) is 107 Å². The Morgan fingerprint density at radius 1 is 1.26 bits per heavy atom. The van der Waals surface area contributed by atoms with Crippen LogP contribution in [-0.2, 0) is 9.53 Å². The van der Waals surface area contributed by atoms with Gasteiger partial charge in [0, 0.05) is 31.5 Å². The summed E-state index contributed by atoms with van der Waals surface area (Å²) in [4.78, 5) is 28.5. The summed E-state index contributed by atoms with van der Waals surface area (Å²) >= 11 is 0. The maximum atomic E-state index is 13.1. The molecule has 1 aromatic carbocycles. The molecule has 3 heterocycles. The third-order valence-corrected chi connectivity index (χ3v) is 5.30. The number of carbonyl (C=O) groups excluding carboxylic acids is 2. The van der Waals surface area contributed by atoms with Crippen molar-refractivity contribution >= 4 is 17.5 Å². The van der Waals surface area contributed by atoms with Crippen molar-refractivity contribution in [3.63, 3.8) is 0 Å². The van der Waals surface area contributed by atoms with E-state index in [0.29, 0.717) is 31.7 Å². The zero-order valence-corrected chi connectivity index (χ0v) is 18.7. The highest BCUT2D eigenvalue weighted by atomic mass is 19.2. The van der Waals surface area contributed by atoms with E-state index in [1.54, 1.807) is 6.07 Å². The number of nitrogens with two attached hydrogens (primary N) is 1. The number of likely N-dealkylation sites (tertiary alicyclic amines) is 1. The van der Waals surface area contributed by atoms with Gasteiger partial charge in [-0.15, -0.1) is 0 Å². The van der Waals surface area contributed by atoms with Crippen LogP contribution >= 0.6 is 0 Å². The van der Waals surface area contributed by atoms with Gasteiger partial charge in [0.05, 0.1) is 6.10 Å². The minimum atomic E-state index is -0.977. The molecule has 2 aliphatic heterocycles. The predicted molar refractivity (Wildman–Crippen MR) is 118 cm³/mol. The lowest BCUT2D eigenvalue weighted by atomic mass is 10.2. The van der Waals surface area contributed by atoms with Crippen molar-refractivity contribution in [1.82, 2.24) is 9.88 Å². The van der Waals surface area contributed by atoms with E-state index in [1.165, 1.54) is 24.4 Å². The number of aromatic nitrogens is 1. The summed E-state index contributed by atoms with van der Waals surface area (Å²) in [5.74, 6) is -2.84. The maximum absolute atomic E-state index is 13.1. The van der Waals surface area contributed by atoms with Crippen molar-refractivity contribution in [3.05, 3.63) is 53.9 Å². The molecule has 184 valence electrons. The van der Waals surface area contributed by atoms with Crippen LogP contribution in [0.3, 0.4) is 0 Å². The molecule has 2 saturated heterocycles. The Labute approximate surface area is 195 Å². The van der Waals surface area contributed by atoms with E-state index < -0.39 is 29.8 Å². The number of benzene rings is 1. The molecule has 4 rings (SSSR count). The van der Waals surface area contributed by atoms with Gasteiger partial charge in [0.1, 0.15) is 24.6 Å². The summed E-state index contributed by atoms with van der Waals surface area (Å²) in [6.07, 6.45) is 1.94. The molecule has 3 N–H and O–H groups in total. The lowest BCUT2D eigenvalue weighted by Gasteiger charge is -2.33. The van der Waals surface area contributed by atoms with Gasteiger partial charge in [-0.05, 0) is 44.0 Å². The van der Waals surface area contributed by atoms with Gasteiger partial charge in [0.25, 0.3) is 11.8 Å². The predicted octanol–water partition coefficient (Wildman–Crippen LogP) is 2.68. The number of nitrogens with one attached hydrogen (secondary N) is 1. The molecule has 2 fully saturated rings. The minimum Gasteiger partial charge on any atom is -0.489 e. The number of rotatable bonds is 7. The van der Waals surface area contributed by atoms with Crippen molar-refractivity contribution in [1.29, 1.82) is 0 Å². The van der Waals surface area contributed by atoms with E-state index >= 15 is 0 Å². The van der Waals surface area contributed by atoms with E-state index in [9.17, 15) is 22.8 Å². The van der Waals surface area contributed by atoms with Gasteiger partial charge >= 0.3 is 0 Å². The largest absolute Gasteiger partial charge is 0.489 e. The van der Waals surface area contributed by atoms with Gasteiger partial charge < -0.3 is 20.5 Å². The van der Waals surface area contributed by atoms with Crippen LogP contribution in [0, 0.1) is 11.6 Å². The van der Waals surface area contributed by atoms with E-state index in [1.807, 2.05) is 11.8 Å². The first-order valence-corrected chi connectivity index (χ1v) is 10.9. The van der Waals surface area contributed by atoms with Crippen LogP contribution in [0.4, 0.5) is 18.9 Å².